The molecule has 1 unspecified atom stereocenters. The maximum absolute atomic E-state index is 3.53. The van der Waals surface area contributed by atoms with Crippen LogP contribution in [0.4, 0.5) is 0 Å². The molecule has 0 radical (unpaired) electrons. The normalized spacial score (nSPS) is 31.3. The molecule has 3 N–H and O–H groups in total. The lowest BCUT2D eigenvalue weighted by Crippen LogP contribution is -2.50. The van der Waals surface area contributed by atoms with Crippen LogP contribution in [0.25, 0.3) is 0 Å². The predicted molar refractivity (Wildman–Crippen MR) is 50.2 cm³/mol. The monoisotopic (exact) mass is 167 g/mol. The van der Waals surface area contributed by atoms with Crippen LogP contribution in [-0.2, 0) is 0 Å². The van der Waals surface area contributed by atoms with Crippen LogP contribution in [0, 0.1) is 0 Å². The van der Waals surface area contributed by atoms with Gasteiger partial charge in [-0.15, -0.1) is 0 Å². The van der Waals surface area contributed by atoms with Gasteiger partial charge in [-0.25, -0.2) is 0 Å². The van der Waals surface area contributed by atoms with Crippen molar-refractivity contribution in [3.05, 3.63) is 11.6 Å². The summed E-state index contributed by atoms with van der Waals surface area (Å²) in [5.41, 5.74) is 1.58. The highest BCUT2D eigenvalue weighted by atomic mass is 15.1. The van der Waals surface area contributed by atoms with Crippen molar-refractivity contribution in [2.24, 2.45) is 0 Å². The van der Waals surface area contributed by atoms with Crippen molar-refractivity contribution < 1.29 is 0 Å². The van der Waals surface area contributed by atoms with Gasteiger partial charge in [0, 0.05) is 32.2 Å². The van der Waals surface area contributed by atoms with Gasteiger partial charge in [-0.1, -0.05) is 11.6 Å². The maximum atomic E-state index is 3.53. The Morgan fingerprint density at radius 3 is 2.83 bits per heavy atom. The van der Waals surface area contributed by atoms with E-state index >= 15 is 0 Å². The molecule has 2 aliphatic heterocycles. The minimum Gasteiger partial charge on any atom is -0.314 e. The molecular weight excluding hydrogens is 150 g/mol. The summed E-state index contributed by atoms with van der Waals surface area (Å²) in [6.07, 6.45) is 3.54. The molecular formula is C9H17N3. The van der Waals surface area contributed by atoms with E-state index in [1.54, 1.807) is 5.57 Å². The number of nitrogens with one attached hydrogen (secondary N) is 3. The van der Waals surface area contributed by atoms with Crippen LogP contribution in [0.3, 0.4) is 0 Å². The van der Waals surface area contributed by atoms with Crippen LogP contribution >= 0.6 is 0 Å². The average molecular weight is 167 g/mol. The lowest BCUT2D eigenvalue weighted by atomic mass is 10.00. The van der Waals surface area contributed by atoms with Gasteiger partial charge in [0.1, 0.15) is 0 Å². The van der Waals surface area contributed by atoms with E-state index in [0.29, 0.717) is 6.04 Å². The number of piperazine rings is 1. The molecule has 3 nitrogen and oxygen atoms in total. The summed E-state index contributed by atoms with van der Waals surface area (Å²) in [6.45, 7) is 5.51. The second-order valence-electron chi connectivity index (χ2n) is 3.44. The summed E-state index contributed by atoms with van der Waals surface area (Å²) in [5, 5.41) is 10.3. The van der Waals surface area contributed by atoms with Crippen molar-refractivity contribution in [3.63, 3.8) is 0 Å². The number of hydrogen-bond acceptors (Lipinski definition) is 3. The maximum Gasteiger partial charge on any atom is 0.0407 e. The first-order valence-electron chi connectivity index (χ1n) is 4.80. The Kier molecular flexibility index (Phi) is 2.76. The SMILES string of the molecule is C1=C(C2CNCCN2)CCNC1. The van der Waals surface area contributed by atoms with Crippen molar-refractivity contribution in [2.75, 3.05) is 32.7 Å². The van der Waals surface area contributed by atoms with E-state index in [-0.39, 0.29) is 0 Å². The highest BCUT2D eigenvalue weighted by molar-refractivity contribution is 5.15. The van der Waals surface area contributed by atoms with Crippen molar-refractivity contribution in [2.45, 2.75) is 12.5 Å². The summed E-state index contributed by atoms with van der Waals surface area (Å²) >= 11 is 0. The zero-order chi connectivity index (χ0) is 8.23. The summed E-state index contributed by atoms with van der Waals surface area (Å²) in [7, 11) is 0. The van der Waals surface area contributed by atoms with E-state index in [4.69, 9.17) is 0 Å². The first-order valence-corrected chi connectivity index (χ1v) is 4.80. The molecule has 0 saturated carbocycles. The fourth-order valence-electron chi connectivity index (χ4n) is 1.87. The molecule has 2 aliphatic rings. The van der Waals surface area contributed by atoms with Crippen LogP contribution in [0.15, 0.2) is 11.6 Å². The third-order valence-corrected chi connectivity index (χ3v) is 2.59. The molecule has 0 amide bonds. The van der Waals surface area contributed by atoms with Gasteiger partial charge in [-0.3, -0.25) is 0 Å². The summed E-state index contributed by atoms with van der Waals surface area (Å²) < 4.78 is 0. The highest BCUT2D eigenvalue weighted by Crippen LogP contribution is 2.10. The van der Waals surface area contributed by atoms with Crippen LogP contribution in [0.1, 0.15) is 6.42 Å². The highest BCUT2D eigenvalue weighted by Gasteiger charge is 2.17. The fourth-order valence-corrected chi connectivity index (χ4v) is 1.87. The van der Waals surface area contributed by atoms with E-state index < -0.39 is 0 Å². The molecule has 0 aliphatic carbocycles. The minimum atomic E-state index is 0.598. The number of rotatable bonds is 1. The Hall–Kier alpha value is -0.380. The van der Waals surface area contributed by atoms with Gasteiger partial charge in [0.2, 0.25) is 0 Å². The van der Waals surface area contributed by atoms with Gasteiger partial charge in [0.05, 0.1) is 0 Å². The quantitative estimate of drug-likeness (QED) is 0.459. The van der Waals surface area contributed by atoms with E-state index in [1.165, 1.54) is 6.42 Å². The summed E-state index contributed by atoms with van der Waals surface area (Å²) in [6, 6.07) is 0.598. The Morgan fingerprint density at radius 2 is 2.17 bits per heavy atom. The van der Waals surface area contributed by atoms with Crippen molar-refractivity contribution in [1.82, 2.24) is 16.0 Å². The van der Waals surface area contributed by atoms with E-state index in [2.05, 4.69) is 22.0 Å². The van der Waals surface area contributed by atoms with E-state index in [1.807, 2.05) is 0 Å². The van der Waals surface area contributed by atoms with Gasteiger partial charge in [0.25, 0.3) is 0 Å². The Bertz CT molecular complexity index is 171. The fraction of sp³-hybridized carbons (Fsp3) is 0.778. The molecule has 2 rings (SSSR count). The van der Waals surface area contributed by atoms with Crippen LogP contribution in [0.2, 0.25) is 0 Å². The van der Waals surface area contributed by atoms with Gasteiger partial charge in [0.15, 0.2) is 0 Å². The largest absolute Gasteiger partial charge is 0.314 e. The molecule has 0 aromatic carbocycles. The van der Waals surface area contributed by atoms with Crippen molar-refractivity contribution >= 4 is 0 Å². The molecule has 0 aromatic rings. The van der Waals surface area contributed by atoms with Crippen LogP contribution in [-0.4, -0.2) is 38.8 Å². The zero-order valence-electron chi connectivity index (χ0n) is 7.40. The molecule has 1 fully saturated rings. The Morgan fingerprint density at radius 1 is 1.17 bits per heavy atom. The smallest absolute Gasteiger partial charge is 0.0407 e. The Balaban J connectivity index is 1.92. The molecule has 3 heteroatoms. The van der Waals surface area contributed by atoms with Gasteiger partial charge >= 0.3 is 0 Å². The van der Waals surface area contributed by atoms with E-state index in [9.17, 15) is 0 Å². The average Bonchev–Trinajstić information content (AvgIpc) is 2.21. The minimum absolute atomic E-state index is 0.598. The number of hydrogen-bond donors (Lipinski definition) is 3. The van der Waals surface area contributed by atoms with Crippen LogP contribution in [0.5, 0.6) is 0 Å². The summed E-state index contributed by atoms with van der Waals surface area (Å²) in [5.74, 6) is 0. The molecule has 1 atom stereocenters. The topological polar surface area (TPSA) is 36.1 Å². The molecule has 68 valence electrons. The third kappa shape index (κ3) is 1.86. The lowest BCUT2D eigenvalue weighted by molar-refractivity contribution is 0.442. The third-order valence-electron chi connectivity index (χ3n) is 2.59. The Labute approximate surface area is 73.6 Å². The molecule has 1 saturated heterocycles. The first-order chi connectivity index (χ1) is 5.97. The molecule has 12 heavy (non-hydrogen) atoms. The predicted octanol–water partition coefficient (Wildman–Crippen LogP) is -0.532. The first kappa shape index (κ1) is 8.23. The van der Waals surface area contributed by atoms with Crippen molar-refractivity contribution in [1.29, 1.82) is 0 Å². The molecule has 0 spiro atoms. The standard InChI is InChI=1S/C9H17N3/c1-3-10-4-2-8(1)9-7-11-5-6-12-9/h1,9-12H,2-7H2. The second-order valence-corrected chi connectivity index (χ2v) is 3.44. The molecule has 0 bridgehead atoms. The molecule has 2 heterocycles. The second kappa shape index (κ2) is 4.03. The van der Waals surface area contributed by atoms with Gasteiger partial charge < -0.3 is 16.0 Å². The lowest BCUT2D eigenvalue weighted by Gasteiger charge is -2.28. The van der Waals surface area contributed by atoms with Gasteiger partial charge in [-0.05, 0) is 13.0 Å². The zero-order valence-corrected chi connectivity index (χ0v) is 7.40. The molecule has 0 aromatic heterocycles. The van der Waals surface area contributed by atoms with Gasteiger partial charge in [-0.2, -0.15) is 0 Å². The van der Waals surface area contributed by atoms with E-state index in [0.717, 1.165) is 32.7 Å². The van der Waals surface area contributed by atoms with Crippen molar-refractivity contribution in [3.8, 4) is 0 Å². The summed E-state index contributed by atoms with van der Waals surface area (Å²) in [4.78, 5) is 0. The van der Waals surface area contributed by atoms with Crippen LogP contribution < -0.4 is 16.0 Å².